The average Bonchev–Trinajstić information content (AvgIpc) is 3.32. The summed E-state index contributed by atoms with van der Waals surface area (Å²) >= 11 is 0. The summed E-state index contributed by atoms with van der Waals surface area (Å²) in [6.45, 7) is 3.30. The molecule has 0 spiro atoms. The zero-order valence-electron chi connectivity index (χ0n) is 42.7. The smallest absolute Gasteiger partial charge is 0.462 e. The van der Waals surface area contributed by atoms with Gasteiger partial charge in [0.25, 0.3) is 0 Å². The molecule has 1 aliphatic rings. The fourth-order valence-corrected chi connectivity index (χ4v) is 9.29. The van der Waals surface area contributed by atoms with Crippen LogP contribution in [0.3, 0.4) is 0 Å². The van der Waals surface area contributed by atoms with Crippen LogP contribution in [0.2, 0.25) is 0 Å². The number of phosphoric acid groups is 1. The second-order valence-electron chi connectivity index (χ2n) is 19.1. The van der Waals surface area contributed by atoms with Gasteiger partial charge in [-0.2, -0.15) is 0 Å². The number of esters is 2. The number of aliphatic hydroxyl groups is 5. The number of rotatable bonds is 46. The van der Waals surface area contributed by atoms with Gasteiger partial charge in [-0.3, -0.25) is 18.6 Å². The molecule has 0 bridgehead atoms. The van der Waals surface area contributed by atoms with Gasteiger partial charge < -0.3 is 39.9 Å². The molecule has 0 aromatic rings. The Kier molecular flexibility index (Phi) is 41.3. The zero-order valence-corrected chi connectivity index (χ0v) is 43.6. The third-order valence-electron chi connectivity index (χ3n) is 12.7. The summed E-state index contributed by atoms with van der Waals surface area (Å²) in [7, 11) is -5.13. The number of unbranched alkanes of at least 4 members (excludes halogenated alkanes) is 28. The van der Waals surface area contributed by atoms with Crippen LogP contribution in [0.5, 0.6) is 0 Å². The largest absolute Gasteiger partial charge is 0.472 e. The van der Waals surface area contributed by atoms with Gasteiger partial charge in [0.05, 0.1) is 6.61 Å². The van der Waals surface area contributed by atoms with E-state index in [1.54, 1.807) is 0 Å². The third-order valence-corrected chi connectivity index (χ3v) is 13.7. The van der Waals surface area contributed by atoms with Crippen LogP contribution in [-0.2, 0) is 32.7 Å². The molecule has 13 nitrogen and oxygen atoms in total. The van der Waals surface area contributed by atoms with E-state index in [-0.39, 0.29) is 12.8 Å². The van der Waals surface area contributed by atoms with Gasteiger partial charge in [0.2, 0.25) is 0 Å². The molecule has 0 saturated heterocycles. The van der Waals surface area contributed by atoms with Crippen molar-refractivity contribution >= 4 is 19.8 Å². The van der Waals surface area contributed by atoms with Crippen molar-refractivity contribution in [1.29, 1.82) is 0 Å². The molecule has 0 amide bonds. The number of phosphoric ester groups is 1. The fraction of sp³-hybridized carbons (Fsp3) is 0.852. The molecule has 0 aromatic carbocycles. The van der Waals surface area contributed by atoms with Crippen molar-refractivity contribution in [3.63, 3.8) is 0 Å². The van der Waals surface area contributed by atoms with Gasteiger partial charge in [-0.25, -0.2) is 4.57 Å². The first-order chi connectivity index (χ1) is 32.9. The van der Waals surface area contributed by atoms with Gasteiger partial charge in [-0.05, 0) is 70.6 Å². The average molecular weight is 987 g/mol. The highest BCUT2D eigenvalue weighted by atomic mass is 31.2. The number of aliphatic hydroxyl groups excluding tert-OH is 5. The molecule has 398 valence electrons. The Balaban J connectivity index is 2.35. The van der Waals surface area contributed by atoms with E-state index < -0.39 is 75.7 Å². The highest BCUT2D eigenvalue weighted by Gasteiger charge is 2.51. The molecule has 1 aliphatic carbocycles. The number of ether oxygens (including phenoxy) is 2. The molecule has 1 fully saturated rings. The predicted molar refractivity (Wildman–Crippen MR) is 272 cm³/mol. The molecule has 0 heterocycles. The molecule has 0 radical (unpaired) electrons. The van der Waals surface area contributed by atoms with Crippen LogP contribution in [0.4, 0.5) is 0 Å². The predicted octanol–water partition coefficient (Wildman–Crippen LogP) is 12.1. The molecule has 0 aliphatic heterocycles. The number of carbonyl (C=O) groups is 2. The summed E-state index contributed by atoms with van der Waals surface area (Å²) in [4.78, 5) is 35.9. The molecule has 6 unspecified atom stereocenters. The van der Waals surface area contributed by atoms with Crippen molar-refractivity contribution in [1.82, 2.24) is 0 Å². The number of hydrogen-bond donors (Lipinski definition) is 6. The van der Waals surface area contributed by atoms with Gasteiger partial charge >= 0.3 is 19.8 Å². The van der Waals surface area contributed by atoms with Gasteiger partial charge in [-0.1, -0.05) is 192 Å². The van der Waals surface area contributed by atoms with E-state index in [2.05, 4.69) is 50.3 Å². The number of hydrogen-bond acceptors (Lipinski definition) is 12. The maximum absolute atomic E-state index is 12.9. The normalized spacial score (nSPS) is 21.2. The summed E-state index contributed by atoms with van der Waals surface area (Å²) < 4.78 is 33.7. The second-order valence-corrected chi connectivity index (χ2v) is 20.5. The van der Waals surface area contributed by atoms with Gasteiger partial charge in [-0.15, -0.1) is 0 Å². The molecular formula is C54H99O13P. The lowest BCUT2D eigenvalue weighted by Gasteiger charge is -2.41. The van der Waals surface area contributed by atoms with Crippen LogP contribution in [0, 0.1) is 0 Å². The van der Waals surface area contributed by atoms with Crippen molar-refractivity contribution in [2.75, 3.05) is 13.2 Å². The zero-order chi connectivity index (χ0) is 49.9. The topological polar surface area (TPSA) is 210 Å². The van der Waals surface area contributed by atoms with Crippen LogP contribution in [0.1, 0.15) is 239 Å². The van der Waals surface area contributed by atoms with Crippen molar-refractivity contribution in [2.45, 2.75) is 281 Å². The first-order valence-electron chi connectivity index (χ1n) is 27.3. The van der Waals surface area contributed by atoms with Crippen molar-refractivity contribution < 1.29 is 63.1 Å². The van der Waals surface area contributed by atoms with Crippen LogP contribution in [0.25, 0.3) is 0 Å². The SMILES string of the molecule is CCCCCC/C=C\C/C=C\CCCCCCCC(=O)OC(COC(=O)CCCCCCCCCCCCC/C=C\CCCCCCCCCC)COP(=O)(O)OC1C(O)C(O)C(O)C(O)C1O. The Labute approximate surface area is 412 Å². The van der Waals surface area contributed by atoms with Crippen molar-refractivity contribution in [2.24, 2.45) is 0 Å². The van der Waals surface area contributed by atoms with E-state index in [1.165, 1.54) is 135 Å². The monoisotopic (exact) mass is 987 g/mol. The second kappa shape index (κ2) is 43.8. The van der Waals surface area contributed by atoms with Crippen LogP contribution in [-0.4, -0.2) is 98.3 Å². The van der Waals surface area contributed by atoms with Crippen molar-refractivity contribution in [3.05, 3.63) is 36.5 Å². The van der Waals surface area contributed by atoms with E-state index in [0.717, 1.165) is 64.2 Å². The minimum atomic E-state index is -5.13. The van der Waals surface area contributed by atoms with Crippen LogP contribution < -0.4 is 0 Å². The number of allylic oxidation sites excluding steroid dienone is 6. The van der Waals surface area contributed by atoms with Gasteiger partial charge in [0.1, 0.15) is 43.2 Å². The minimum Gasteiger partial charge on any atom is -0.462 e. The van der Waals surface area contributed by atoms with E-state index in [9.17, 15) is 44.6 Å². The Morgan fingerprint density at radius 1 is 0.456 bits per heavy atom. The number of carbonyl (C=O) groups excluding carboxylic acids is 2. The quantitative estimate of drug-likeness (QED) is 0.0145. The Morgan fingerprint density at radius 2 is 0.794 bits per heavy atom. The maximum Gasteiger partial charge on any atom is 0.472 e. The first-order valence-corrected chi connectivity index (χ1v) is 28.8. The third kappa shape index (κ3) is 35.2. The molecule has 14 heteroatoms. The summed E-state index contributed by atoms with van der Waals surface area (Å²) in [5.74, 6) is -1.11. The van der Waals surface area contributed by atoms with Gasteiger partial charge in [0, 0.05) is 12.8 Å². The summed E-state index contributed by atoms with van der Waals surface area (Å²) in [5, 5.41) is 50.3. The lowest BCUT2D eigenvalue weighted by molar-refractivity contribution is -0.220. The molecular weight excluding hydrogens is 888 g/mol. The highest BCUT2D eigenvalue weighted by Crippen LogP contribution is 2.47. The van der Waals surface area contributed by atoms with Gasteiger partial charge in [0.15, 0.2) is 6.10 Å². The highest BCUT2D eigenvalue weighted by molar-refractivity contribution is 7.47. The first kappa shape index (κ1) is 64.1. The molecule has 6 N–H and O–H groups in total. The fourth-order valence-electron chi connectivity index (χ4n) is 8.31. The summed E-state index contributed by atoms with van der Waals surface area (Å²) in [6, 6.07) is 0. The van der Waals surface area contributed by atoms with E-state index in [1.807, 2.05) is 0 Å². The molecule has 1 saturated carbocycles. The Bertz CT molecular complexity index is 1330. The van der Waals surface area contributed by atoms with E-state index in [0.29, 0.717) is 12.8 Å². The lowest BCUT2D eigenvalue weighted by atomic mass is 9.85. The standard InChI is InChI=1S/C54H99O13P/c1-3-5-7-9-11-13-15-17-19-21-22-23-24-25-26-27-29-30-32-34-36-38-40-42-47(55)64-44-46(45-65-68(62,63)67-54-52(60)50(58)49(57)51(59)53(54)61)66-48(56)43-41-39-37-35-33-31-28-20-18-16-14-12-10-8-6-4-2/h14,16,20-22,28,46,49-54,57-61H,3-13,15,17-19,23-27,29-45H2,1-2H3,(H,62,63)/b16-14-,22-21-,28-20-. The molecule has 6 atom stereocenters. The molecule has 1 rings (SSSR count). The van der Waals surface area contributed by atoms with Crippen LogP contribution >= 0.6 is 7.82 Å². The summed E-state index contributed by atoms with van der Waals surface area (Å²) in [6.07, 6.45) is 39.1. The van der Waals surface area contributed by atoms with E-state index >= 15 is 0 Å². The molecule has 68 heavy (non-hydrogen) atoms. The van der Waals surface area contributed by atoms with Crippen molar-refractivity contribution in [3.8, 4) is 0 Å². The summed E-state index contributed by atoms with van der Waals surface area (Å²) in [5.41, 5.74) is 0. The Morgan fingerprint density at radius 3 is 1.22 bits per heavy atom. The van der Waals surface area contributed by atoms with E-state index in [4.69, 9.17) is 18.5 Å². The van der Waals surface area contributed by atoms with Crippen LogP contribution in [0.15, 0.2) is 36.5 Å². The Hall–Kier alpha value is -1.93. The lowest BCUT2D eigenvalue weighted by Crippen LogP contribution is -2.64. The molecule has 0 aromatic heterocycles. The maximum atomic E-state index is 12.9. The minimum absolute atomic E-state index is 0.0816.